The number of hydrogen-bond acceptors (Lipinski definition) is 5. The van der Waals surface area contributed by atoms with E-state index >= 15 is 0 Å². The molecular weight excluding hydrogens is 360 g/mol. The highest BCUT2D eigenvalue weighted by Crippen LogP contribution is 2.39. The number of benzene rings is 1. The van der Waals surface area contributed by atoms with Crippen LogP contribution < -0.4 is 15.4 Å². The van der Waals surface area contributed by atoms with Crippen LogP contribution in [0.1, 0.15) is 39.5 Å². The number of aromatic amines is 1. The van der Waals surface area contributed by atoms with Crippen molar-refractivity contribution in [2.24, 2.45) is 0 Å². The van der Waals surface area contributed by atoms with E-state index in [4.69, 9.17) is 4.74 Å². The summed E-state index contributed by atoms with van der Waals surface area (Å²) < 4.78 is 7.29. The number of hydrogen-bond donors (Lipinski definition) is 3. The Kier molecular flexibility index (Phi) is 4.56. The number of methoxy groups -OCH3 is 1. The molecule has 0 fully saturated rings. The lowest BCUT2D eigenvalue weighted by molar-refractivity contribution is -0.116. The third kappa shape index (κ3) is 3.11. The second-order valence-corrected chi connectivity index (χ2v) is 6.52. The molecule has 4 rings (SSSR count). The zero-order valence-electron chi connectivity index (χ0n) is 15.5. The number of fused-ring (bicyclic) bond motifs is 1. The summed E-state index contributed by atoms with van der Waals surface area (Å²) in [5.41, 5.74) is 2.88. The van der Waals surface area contributed by atoms with Gasteiger partial charge in [0, 0.05) is 42.9 Å². The summed E-state index contributed by atoms with van der Waals surface area (Å²) in [6.07, 6.45) is 3.82. The van der Waals surface area contributed by atoms with Crippen molar-refractivity contribution in [2.45, 2.75) is 18.9 Å². The molecule has 3 heterocycles. The Hall–Kier alpha value is -3.62. The Balaban J connectivity index is 1.78. The lowest BCUT2D eigenvalue weighted by atomic mass is 9.84. The van der Waals surface area contributed by atoms with Crippen molar-refractivity contribution in [3.05, 3.63) is 59.0 Å². The second kappa shape index (κ2) is 7.18. The number of rotatable bonds is 5. The van der Waals surface area contributed by atoms with E-state index in [1.807, 2.05) is 30.5 Å². The minimum absolute atomic E-state index is 0.142. The maximum Gasteiger partial charge on any atom is 0.269 e. The van der Waals surface area contributed by atoms with Crippen molar-refractivity contribution in [1.82, 2.24) is 25.3 Å². The molecule has 9 nitrogen and oxygen atoms in total. The van der Waals surface area contributed by atoms with Crippen molar-refractivity contribution in [3.63, 3.8) is 0 Å². The number of carbonyl (C=O) groups is 2. The Morgan fingerprint density at radius 2 is 2.29 bits per heavy atom. The molecule has 0 saturated heterocycles. The Morgan fingerprint density at radius 1 is 1.43 bits per heavy atom. The lowest BCUT2D eigenvalue weighted by Crippen LogP contribution is -2.26. The molecule has 1 aliphatic heterocycles. The third-order valence-electron chi connectivity index (χ3n) is 4.85. The van der Waals surface area contributed by atoms with E-state index in [1.165, 1.54) is 0 Å². The van der Waals surface area contributed by atoms with Gasteiger partial charge < -0.3 is 15.4 Å². The molecule has 9 heteroatoms. The number of nitrogens with zero attached hydrogens (tertiary/aromatic N) is 3. The average Bonchev–Trinajstić information content (AvgIpc) is 3.36. The van der Waals surface area contributed by atoms with Crippen LogP contribution in [-0.4, -0.2) is 45.9 Å². The predicted octanol–water partition coefficient (Wildman–Crippen LogP) is 1.50. The number of ether oxygens (including phenoxy) is 1. The van der Waals surface area contributed by atoms with Gasteiger partial charge in [-0.1, -0.05) is 6.07 Å². The lowest BCUT2D eigenvalue weighted by Gasteiger charge is -2.24. The quantitative estimate of drug-likeness (QED) is 0.621. The van der Waals surface area contributed by atoms with Crippen LogP contribution in [0.2, 0.25) is 0 Å². The molecule has 3 N–H and O–H groups in total. The summed E-state index contributed by atoms with van der Waals surface area (Å²) in [6.45, 7) is 0.531. The van der Waals surface area contributed by atoms with Crippen LogP contribution in [0, 0.1) is 0 Å². The fraction of sp³-hybridized carbons (Fsp3) is 0.263. The maximum absolute atomic E-state index is 12.3. The highest BCUT2D eigenvalue weighted by atomic mass is 16.5. The number of H-pyrrole nitrogens is 1. The molecule has 0 spiro atoms. The number of amides is 2. The molecule has 144 valence electrons. The van der Waals surface area contributed by atoms with E-state index in [2.05, 4.69) is 25.9 Å². The van der Waals surface area contributed by atoms with Gasteiger partial charge in [0.2, 0.25) is 5.91 Å². The standard InChI is InChI=1S/C19H20N6O3/c1-20-19(27)17-16-13(9-15(26)22-18(16)24-23-17)11-4-5-14(28-2)12(8-11)10-25-7-3-6-21-25/h3-8,13H,9-10H2,1-2H3,(H,20,27)(H2,22,23,24,26)/t13-/m1/s1. The van der Waals surface area contributed by atoms with Gasteiger partial charge >= 0.3 is 0 Å². The molecular formula is C19H20N6O3. The predicted molar refractivity (Wildman–Crippen MR) is 101 cm³/mol. The smallest absolute Gasteiger partial charge is 0.269 e. The van der Waals surface area contributed by atoms with E-state index in [1.54, 1.807) is 25.0 Å². The van der Waals surface area contributed by atoms with E-state index in [9.17, 15) is 9.59 Å². The van der Waals surface area contributed by atoms with Crippen molar-refractivity contribution < 1.29 is 14.3 Å². The summed E-state index contributed by atoms with van der Waals surface area (Å²) in [5.74, 6) is 0.414. The first kappa shape index (κ1) is 17.8. The van der Waals surface area contributed by atoms with Crippen molar-refractivity contribution in [1.29, 1.82) is 0 Å². The van der Waals surface area contributed by atoms with Gasteiger partial charge in [-0.2, -0.15) is 10.2 Å². The first-order valence-corrected chi connectivity index (χ1v) is 8.85. The van der Waals surface area contributed by atoms with Gasteiger partial charge in [0.25, 0.3) is 5.91 Å². The first-order chi connectivity index (χ1) is 13.6. The highest BCUT2D eigenvalue weighted by molar-refractivity contribution is 6.00. The molecule has 2 amide bonds. The molecule has 1 aromatic carbocycles. The van der Waals surface area contributed by atoms with E-state index in [0.717, 1.165) is 16.9 Å². The molecule has 0 unspecified atom stereocenters. The minimum Gasteiger partial charge on any atom is -0.496 e. The normalized spacial score (nSPS) is 15.6. The zero-order valence-corrected chi connectivity index (χ0v) is 15.5. The van der Waals surface area contributed by atoms with Gasteiger partial charge in [-0.15, -0.1) is 0 Å². The maximum atomic E-state index is 12.3. The van der Waals surface area contributed by atoms with E-state index < -0.39 is 0 Å². The molecule has 1 aliphatic rings. The molecule has 0 radical (unpaired) electrons. The van der Waals surface area contributed by atoms with Crippen LogP contribution in [0.15, 0.2) is 36.7 Å². The molecule has 0 aliphatic carbocycles. The topological polar surface area (TPSA) is 114 Å². The second-order valence-electron chi connectivity index (χ2n) is 6.52. The number of nitrogens with one attached hydrogen (secondary N) is 3. The SMILES string of the molecule is CNC(=O)c1[nH]nc2c1[C@@H](c1ccc(OC)c(Cn3cccn3)c1)CC(=O)N2. The van der Waals surface area contributed by atoms with Gasteiger partial charge in [-0.3, -0.25) is 19.4 Å². The van der Waals surface area contributed by atoms with Crippen molar-refractivity contribution in [2.75, 3.05) is 19.5 Å². The monoisotopic (exact) mass is 380 g/mol. The molecule has 0 bridgehead atoms. The molecule has 28 heavy (non-hydrogen) atoms. The van der Waals surface area contributed by atoms with Crippen LogP contribution in [0.5, 0.6) is 5.75 Å². The van der Waals surface area contributed by atoms with Gasteiger partial charge in [0.15, 0.2) is 5.82 Å². The van der Waals surface area contributed by atoms with Crippen LogP contribution in [0.25, 0.3) is 0 Å². The Labute approximate surface area is 161 Å². The summed E-state index contributed by atoms with van der Waals surface area (Å²) in [5, 5.41) is 16.4. The number of aromatic nitrogens is 4. The fourth-order valence-corrected chi connectivity index (χ4v) is 3.55. The Morgan fingerprint density at radius 3 is 3.00 bits per heavy atom. The molecule has 1 atom stereocenters. The van der Waals surface area contributed by atoms with Crippen LogP contribution in [0.3, 0.4) is 0 Å². The van der Waals surface area contributed by atoms with Gasteiger partial charge in [0.1, 0.15) is 11.4 Å². The van der Waals surface area contributed by atoms with E-state index in [-0.39, 0.29) is 24.2 Å². The zero-order chi connectivity index (χ0) is 19.7. The van der Waals surface area contributed by atoms with E-state index in [0.29, 0.717) is 23.6 Å². The van der Waals surface area contributed by atoms with Crippen molar-refractivity contribution in [3.8, 4) is 5.75 Å². The Bertz CT molecular complexity index is 1020. The number of carbonyl (C=O) groups excluding carboxylic acids is 2. The fourth-order valence-electron chi connectivity index (χ4n) is 3.55. The van der Waals surface area contributed by atoms with Gasteiger partial charge in [0.05, 0.1) is 13.7 Å². The first-order valence-electron chi connectivity index (χ1n) is 8.85. The minimum atomic E-state index is -0.294. The molecule has 0 saturated carbocycles. The summed E-state index contributed by atoms with van der Waals surface area (Å²) in [7, 11) is 3.18. The highest BCUT2D eigenvalue weighted by Gasteiger charge is 2.33. The summed E-state index contributed by atoms with van der Waals surface area (Å²) in [4.78, 5) is 24.5. The van der Waals surface area contributed by atoms with Gasteiger partial charge in [-0.25, -0.2) is 0 Å². The summed E-state index contributed by atoms with van der Waals surface area (Å²) >= 11 is 0. The van der Waals surface area contributed by atoms with Gasteiger partial charge in [-0.05, 0) is 23.8 Å². The van der Waals surface area contributed by atoms with Crippen LogP contribution >= 0.6 is 0 Å². The average molecular weight is 380 g/mol. The summed E-state index contributed by atoms with van der Waals surface area (Å²) in [6, 6.07) is 7.64. The van der Waals surface area contributed by atoms with Crippen LogP contribution in [-0.2, 0) is 11.3 Å². The number of anilines is 1. The van der Waals surface area contributed by atoms with Crippen LogP contribution in [0.4, 0.5) is 5.82 Å². The largest absolute Gasteiger partial charge is 0.496 e. The molecule has 3 aromatic rings. The van der Waals surface area contributed by atoms with Crippen molar-refractivity contribution >= 4 is 17.6 Å². The molecule has 2 aromatic heterocycles. The third-order valence-corrected chi connectivity index (χ3v) is 4.85.